The summed E-state index contributed by atoms with van der Waals surface area (Å²) in [6.07, 6.45) is 5.06. The Labute approximate surface area is 181 Å². The van der Waals surface area contributed by atoms with E-state index in [-0.39, 0.29) is 49.2 Å². The fourth-order valence-corrected chi connectivity index (χ4v) is 7.71. The number of rotatable bonds is 5. The first-order valence-corrected chi connectivity index (χ1v) is 11.2. The van der Waals surface area contributed by atoms with Crippen molar-refractivity contribution in [2.75, 3.05) is 6.61 Å². The third kappa shape index (κ3) is 3.00. The van der Waals surface area contributed by atoms with E-state index in [0.717, 1.165) is 17.6 Å². The zero-order valence-electron chi connectivity index (χ0n) is 18.1. The van der Waals surface area contributed by atoms with Gasteiger partial charge in [0.1, 0.15) is 12.2 Å². The Kier molecular flexibility index (Phi) is 5.31. The SMILES string of the molecule is C[C@]12C(CCC(=O)O)=CC(=O)C=C1CC[C@@H]1[C@@H]2[C@@H](O)C[C@@]2(C)[C@H]1CC[C@]2(O)C(=O)CO. The van der Waals surface area contributed by atoms with E-state index < -0.39 is 40.9 Å². The number of Topliss-reactive ketones (excluding diaryl/α,β-unsaturated/α-hetero) is 1. The Morgan fingerprint density at radius 1 is 1.19 bits per heavy atom. The predicted molar refractivity (Wildman–Crippen MR) is 111 cm³/mol. The number of allylic oxidation sites excluding steroid dienone is 4. The summed E-state index contributed by atoms with van der Waals surface area (Å²) in [6, 6.07) is 0. The summed E-state index contributed by atoms with van der Waals surface area (Å²) >= 11 is 0. The van der Waals surface area contributed by atoms with Gasteiger partial charge in [0.25, 0.3) is 0 Å². The summed E-state index contributed by atoms with van der Waals surface area (Å²) in [6.45, 7) is 3.15. The summed E-state index contributed by atoms with van der Waals surface area (Å²) in [4.78, 5) is 36.1. The molecule has 0 bridgehead atoms. The predicted octanol–water partition coefficient (Wildman–Crippen LogP) is 1.79. The van der Waals surface area contributed by atoms with E-state index in [9.17, 15) is 34.8 Å². The lowest BCUT2D eigenvalue weighted by atomic mass is 9.44. The fraction of sp³-hybridized carbons (Fsp3) is 0.708. The molecule has 0 aromatic rings. The van der Waals surface area contributed by atoms with Crippen molar-refractivity contribution in [1.29, 1.82) is 0 Å². The van der Waals surface area contributed by atoms with Gasteiger partial charge in [-0.25, -0.2) is 0 Å². The van der Waals surface area contributed by atoms with Gasteiger partial charge in [-0.2, -0.15) is 0 Å². The van der Waals surface area contributed by atoms with Gasteiger partial charge in [-0.1, -0.05) is 25.0 Å². The molecular weight excluding hydrogens is 400 g/mol. The van der Waals surface area contributed by atoms with E-state index in [1.165, 1.54) is 6.08 Å². The van der Waals surface area contributed by atoms with Gasteiger partial charge < -0.3 is 20.4 Å². The number of hydrogen-bond donors (Lipinski definition) is 4. The summed E-state index contributed by atoms with van der Waals surface area (Å²) in [5, 5.41) is 41.4. The maximum atomic E-state index is 12.5. The van der Waals surface area contributed by atoms with Gasteiger partial charge in [-0.05, 0) is 62.5 Å². The Bertz CT molecular complexity index is 888. The van der Waals surface area contributed by atoms with E-state index >= 15 is 0 Å². The molecule has 7 heteroatoms. The van der Waals surface area contributed by atoms with Crippen molar-refractivity contribution >= 4 is 17.5 Å². The summed E-state index contributed by atoms with van der Waals surface area (Å²) in [5.74, 6) is -1.84. The molecule has 0 aromatic heterocycles. The minimum atomic E-state index is -1.65. The number of carboxylic acids is 1. The second-order valence-corrected chi connectivity index (χ2v) is 10.3. The van der Waals surface area contributed by atoms with Crippen LogP contribution in [-0.2, 0) is 14.4 Å². The molecule has 31 heavy (non-hydrogen) atoms. The maximum Gasteiger partial charge on any atom is 0.303 e. The number of carbonyl (C=O) groups excluding carboxylic acids is 2. The third-order valence-electron chi connectivity index (χ3n) is 9.20. The summed E-state index contributed by atoms with van der Waals surface area (Å²) in [7, 11) is 0. The lowest BCUT2D eigenvalue weighted by molar-refractivity contribution is -0.179. The standard InChI is InChI=1S/C24H32O7/c1-22-11-18(27)21-16(17(22)7-8-24(22,31)19(28)12-25)5-3-13-9-15(26)10-14(23(13,21)2)4-6-20(29)30/h9-10,16-18,21,25,27,31H,3-8,11-12H2,1-2H3,(H,29,30)/t16-,17-,18-,21+,22-,23+,24-/m0/s1. The number of aliphatic hydroxyl groups excluding tert-OH is 2. The van der Waals surface area contributed by atoms with Gasteiger partial charge >= 0.3 is 5.97 Å². The van der Waals surface area contributed by atoms with Crippen molar-refractivity contribution in [1.82, 2.24) is 0 Å². The first kappa shape index (κ1) is 22.4. The molecule has 4 aliphatic rings. The molecule has 0 radical (unpaired) electrons. The summed E-state index contributed by atoms with van der Waals surface area (Å²) < 4.78 is 0. The molecule has 4 rings (SSSR count). The molecule has 4 N–H and O–H groups in total. The van der Waals surface area contributed by atoms with Crippen molar-refractivity contribution < 1.29 is 34.8 Å². The molecule has 7 atom stereocenters. The molecule has 7 nitrogen and oxygen atoms in total. The molecule has 3 fully saturated rings. The van der Waals surface area contributed by atoms with Crippen molar-refractivity contribution in [3.05, 3.63) is 23.3 Å². The van der Waals surface area contributed by atoms with Crippen LogP contribution in [0.15, 0.2) is 23.3 Å². The number of carboxylic acid groups (broad SMARTS) is 1. The molecule has 0 unspecified atom stereocenters. The van der Waals surface area contributed by atoms with Gasteiger partial charge in [0.05, 0.1) is 6.10 Å². The molecule has 0 amide bonds. The van der Waals surface area contributed by atoms with Crippen LogP contribution in [-0.4, -0.2) is 56.3 Å². The monoisotopic (exact) mass is 432 g/mol. The van der Waals surface area contributed by atoms with Crippen molar-refractivity contribution in [2.45, 2.75) is 70.5 Å². The zero-order valence-corrected chi connectivity index (χ0v) is 18.1. The maximum absolute atomic E-state index is 12.5. The number of hydrogen-bond acceptors (Lipinski definition) is 6. The van der Waals surface area contributed by atoms with Gasteiger partial charge in [-0.3, -0.25) is 14.4 Å². The Morgan fingerprint density at radius 3 is 2.55 bits per heavy atom. The number of fused-ring (bicyclic) bond motifs is 5. The van der Waals surface area contributed by atoms with Crippen LogP contribution in [0.2, 0.25) is 0 Å². The van der Waals surface area contributed by atoms with E-state index in [4.69, 9.17) is 0 Å². The van der Waals surface area contributed by atoms with Gasteiger partial charge in [0.15, 0.2) is 11.6 Å². The molecule has 170 valence electrons. The van der Waals surface area contributed by atoms with E-state index in [0.29, 0.717) is 12.8 Å². The van der Waals surface area contributed by atoms with Gasteiger partial charge in [-0.15, -0.1) is 0 Å². The van der Waals surface area contributed by atoms with Crippen LogP contribution in [0.5, 0.6) is 0 Å². The topological polar surface area (TPSA) is 132 Å². The highest BCUT2D eigenvalue weighted by molar-refractivity contribution is 6.02. The normalized spacial score (nSPS) is 44.0. The highest BCUT2D eigenvalue weighted by atomic mass is 16.4. The smallest absolute Gasteiger partial charge is 0.303 e. The lowest BCUT2D eigenvalue weighted by Crippen LogP contribution is -2.62. The largest absolute Gasteiger partial charge is 0.481 e. The molecule has 0 aromatic carbocycles. The number of carbonyl (C=O) groups is 3. The van der Waals surface area contributed by atoms with E-state index in [2.05, 4.69) is 0 Å². The Balaban J connectivity index is 1.75. The fourth-order valence-electron chi connectivity index (χ4n) is 7.71. The molecule has 0 saturated heterocycles. The average Bonchev–Trinajstić information content (AvgIpc) is 2.97. The van der Waals surface area contributed by atoms with Gasteiger partial charge in [0, 0.05) is 23.2 Å². The molecule has 4 aliphatic carbocycles. The number of aliphatic carboxylic acids is 1. The van der Waals surface area contributed by atoms with Crippen LogP contribution in [0.25, 0.3) is 0 Å². The molecule has 0 heterocycles. The van der Waals surface area contributed by atoms with Crippen LogP contribution in [0.4, 0.5) is 0 Å². The quantitative estimate of drug-likeness (QED) is 0.521. The third-order valence-corrected chi connectivity index (χ3v) is 9.20. The molecular formula is C24H32O7. The van der Waals surface area contributed by atoms with Crippen LogP contribution >= 0.6 is 0 Å². The first-order chi connectivity index (χ1) is 14.5. The van der Waals surface area contributed by atoms with Crippen LogP contribution in [0.3, 0.4) is 0 Å². The number of ketones is 2. The highest BCUT2D eigenvalue weighted by Gasteiger charge is 2.68. The first-order valence-electron chi connectivity index (χ1n) is 11.2. The molecule has 0 aliphatic heterocycles. The van der Waals surface area contributed by atoms with Crippen LogP contribution < -0.4 is 0 Å². The van der Waals surface area contributed by atoms with Crippen molar-refractivity contribution in [3.63, 3.8) is 0 Å². The minimum absolute atomic E-state index is 0.00173. The second-order valence-electron chi connectivity index (χ2n) is 10.3. The van der Waals surface area contributed by atoms with E-state index in [1.54, 1.807) is 6.08 Å². The summed E-state index contributed by atoms with van der Waals surface area (Å²) in [5.41, 5.74) is -1.40. The zero-order chi connectivity index (χ0) is 22.8. The minimum Gasteiger partial charge on any atom is -0.481 e. The molecule has 0 spiro atoms. The van der Waals surface area contributed by atoms with E-state index in [1.807, 2.05) is 13.8 Å². The lowest BCUT2D eigenvalue weighted by Gasteiger charge is -2.60. The van der Waals surface area contributed by atoms with Crippen LogP contribution in [0.1, 0.15) is 58.8 Å². The highest BCUT2D eigenvalue weighted by Crippen LogP contribution is 2.68. The number of aliphatic hydroxyl groups is 3. The van der Waals surface area contributed by atoms with Gasteiger partial charge in [0.2, 0.25) is 0 Å². The van der Waals surface area contributed by atoms with Crippen LogP contribution in [0, 0.1) is 28.6 Å². The van der Waals surface area contributed by atoms with Crippen molar-refractivity contribution in [2.24, 2.45) is 28.6 Å². The van der Waals surface area contributed by atoms with Crippen molar-refractivity contribution in [3.8, 4) is 0 Å². The second kappa shape index (κ2) is 7.36. The molecule has 3 saturated carbocycles. The Morgan fingerprint density at radius 2 is 1.90 bits per heavy atom. The average molecular weight is 433 g/mol. The Hall–Kier alpha value is -1.83.